The van der Waals surface area contributed by atoms with Crippen molar-refractivity contribution in [3.05, 3.63) is 144 Å². The highest BCUT2D eigenvalue weighted by molar-refractivity contribution is 6.28. The molecule has 0 unspecified atom stereocenters. The maximum absolute atomic E-state index is 12.9. The number of carboxylic acids is 2. The van der Waals surface area contributed by atoms with Gasteiger partial charge in [-0.1, -0.05) is 121 Å². The molecule has 2 atom stereocenters. The Labute approximate surface area is 209 Å². The van der Waals surface area contributed by atoms with E-state index < -0.39 is 23.8 Å². The number of allylic oxidation sites excluding steroid dienone is 2. The van der Waals surface area contributed by atoms with Gasteiger partial charge in [0.05, 0.1) is 0 Å². The van der Waals surface area contributed by atoms with Gasteiger partial charge in [-0.2, -0.15) is 0 Å². The minimum absolute atomic E-state index is 0.500. The first kappa shape index (κ1) is 23.1. The van der Waals surface area contributed by atoms with Crippen LogP contribution >= 0.6 is 0 Å². The summed E-state index contributed by atoms with van der Waals surface area (Å²) in [5.74, 6) is -4.92. The summed E-state index contributed by atoms with van der Waals surface area (Å²) in [5, 5.41) is 21.1. The predicted molar refractivity (Wildman–Crippen MR) is 142 cm³/mol. The SMILES string of the molecule is O=C(O)[C@H]1C(c2ccccc2)=C(c2ccccc2)C(c2ccccc2)=C(c2ccccc2)[C@@H]1C(=O)O. The molecule has 0 bridgehead atoms. The van der Waals surface area contributed by atoms with E-state index in [1.54, 1.807) is 0 Å². The first-order valence-electron chi connectivity index (χ1n) is 11.7. The smallest absolute Gasteiger partial charge is 0.312 e. The average Bonchev–Trinajstić information content (AvgIpc) is 2.93. The van der Waals surface area contributed by atoms with E-state index >= 15 is 0 Å². The van der Waals surface area contributed by atoms with Gasteiger partial charge in [0, 0.05) is 0 Å². The normalized spacial score (nSPS) is 17.7. The van der Waals surface area contributed by atoms with E-state index in [1.807, 2.05) is 121 Å². The first-order chi connectivity index (χ1) is 17.6. The Kier molecular flexibility index (Phi) is 6.33. The van der Waals surface area contributed by atoms with Crippen LogP contribution < -0.4 is 0 Å². The summed E-state index contributed by atoms with van der Waals surface area (Å²) in [6.07, 6.45) is 0. The molecule has 5 rings (SSSR count). The number of carboxylic acid groups (broad SMARTS) is 2. The highest BCUT2D eigenvalue weighted by Crippen LogP contribution is 2.54. The van der Waals surface area contributed by atoms with Crippen molar-refractivity contribution in [3.8, 4) is 0 Å². The van der Waals surface area contributed by atoms with Crippen LogP contribution in [0.2, 0.25) is 0 Å². The molecule has 0 aliphatic heterocycles. The summed E-state index contributed by atoms with van der Waals surface area (Å²) in [6.45, 7) is 0. The number of hydrogen-bond donors (Lipinski definition) is 2. The molecule has 176 valence electrons. The number of carbonyl (C=O) groups is 2. The zero-order valence-electron chi connectivity index (χ0n) is 19.4. The first-order valence-corrected chi connectivity index (χ1v) is 11.7. The molecule has 36 heavy (non-hydrogen) atoms. The van der Waals surface area contributed by atoms with E-state index in [2.05, 4.69) is 0 Å². The Balaban J connectivity index is 2.02. The van der Waals surface area contributed by atoms with Gasteiger partial charge >= 0.3 is 11.9 Å². The lowest BCUT2D eigenvalue weighted by Crippen LogP contribution is -2.35. The number of aliphatic carboxylic acids is 2. The molecule has 0 saturated carbocycles. The fraction of sp³-hybridized carbons (Fsp3) is 0.0625. The van der Waals surface area contributed by atoms with Crippen LogP contribution in [0, 0.1) is 11.8 Å². The van der Waals surface area contributed by atoms with Crippen molar-refractivity contribution in [2.24, 2.45) is 11.8 Å². The number of rotatable bonds is 6. The molecule has 0 saturated heterocycles. The largest absolute Gasteiger partial charge is 0.481 e. The highest BCUT2D eigenvalue weighted by atomic mass is 16.4. The van der Waals surface area contributed by atoms with E-state index in [0.717, 1.165) is 22.3 Å². The molecule has 4 aromatic rings. The quantitative estimate of drug-likeness (QED) is 0.331. The van der Waals surface area contributed by atoms with Crippen LogP contribution in [0.15, 0.2) is 121 Å². The van der Waals surface area contributed by atoms with Crippen LogP contribution in [0.5, 0.6) is 0 Å². The summed E-state index contributed by atoms with van der Waals surface area (Å²) >= 11 is 0. The molecule has 0 amide bonds. The fourth-order valence-corrected chi connectivity index (χ4v) is 5.14. The van der Waals surface area contributed by atoms with E-state index in [9.17, 15) is 19.8 Å². The monoisotopic (exact) mass is 472 g/mol. The zero-order valence-corrected chi connectivity index (χ0v) is 19.4. The van der Waals surface area contributed by atoms with Gasteiger partial charge in [0.1, 0.15) is 11.8 Å². The highest BCUT2D eigenvalue weighted by Gasteiger charge is 2.46. The molecule has 1 aliphatic rings. The van der Waals surface area contributed by atoms with Gasteiger partial charge in [0.2, 0.25) is 0 Å². The van der Waals surface area contributed by atoms with Crippen molar-refractivity contribution in [1.29, 1.82) is 0 Å². The van der Waals surface area contributed by atoms with Gasteiger partial charge in [0.15, 0.2) is 0 Å². The van der Waals surface area contributed by atoms with E-state index in [-0.39, 0.29) is 0 Å². The lowest BCUT2D eigenvalue weighted by atomic mass is 9.65. The molecule has 0 fully saturated rings. The Hall–Kier alpha value is -4.70. The average molecular weight is 473 g/mol. The minimum Gasteiger partial charge on any atom is -0.481 e. The van der Waals surface area contributed by atoms with Crippen molar-refractivity contribution in [3.63, 3.8) is 0 Å². The van der Waals surface area contributed by atoms with Crippen molar-refractivity contribution in [2.45, 2.75) is 0 Å². The molecule has 0 aromatic heterocycles. The lowest BCUT2D eigenvalue weighted by Gasteiger charge is -2.36. The van der Waals surface area contributed by atoms with E-state index in [1.165, 1.54) is 0 Å². The fourth-order valence-electron chi connectivity index (χ4n) is 5.14. The van der Waals surface area contributed by atoms with Crippen LogP contribution in [0.4, 0.5) is 0 Å². The van der Waals surface area contributed by atoms with Gasteiger partial charge in [-0.3, -0.25) is 9.59 Å². The summed E-state index contributed by atoms with van der Waals surface area (Å²) in [6, 6.07) is 37.8. The zero-order chi connectivity index (χ0) is 25.1. The third-order valence-corrected chi connectivity index (χ3v) is 6.57. The second-order valence-corrected chi connectivity index (χ2v) is 8.67. The van der Waals surface area contributed by atoms with Crippen LogP contribution in [0.25, 0.3) is 22.3 Å². The molecular weight excluding hydrogens is 448 g/mol. The molecule has 0 radical (unpaired) electrons. The predicted octanol–water partition coefficient (Wildman–Crippen LogP) is 6.62. The molecule has 4 aromatic carbocycles. The van der Waals surface area contributed by atoms with Gasteiger partial charge in [-0.25, -0.2) is 0 Å². The summed E-state index contributed by atoms with van der Waals surface area (Å²) in [5.41, 5.74) is 5.51. The standard InChI is InChI=1S/C32H24O4/c33-31(34)29-27(23-17-9-3-10-18-23)25(21-13-5-1-6-14-21)26(22-15-7-2-8-16-22)28(30(29)32(35)36)24-19-11-4-12-20-24/h1-20,29-30H,(H,33,34)(H,35,36)/t29-,30-/m0/s1. The maximum atomic E-state index is 12.9. The summed E-state index contributed by atoms with van der Waals surface area (Å²) < 4.78 is 0. The van der Waals surface area contributed by atoms with Gasteiger partial charge < -0.3 is 10.2 Å². The van der Waals surface area contributed by atoms with Gasteiger partial charge in [-0.05, 0) is 44.5 Å². The number of hydrogen-bond acceptors (Lipinski definition) is 2. The molecule has 0 spiro atoms. The summed E-state index contributed by atoms with van der Waals surface area (Å²) in [7, 11) is 0. The Morgan fingerprint density at radius 3 is 0.917 bits per heavy atom. The van der Waals surface area contributed by atoms with Crippen LogP contribution in [-0.2, 0) is 9.59 Å². The van der Waals surface area contributed by atoms with Crippen LogP contribution in [-0.4, -0.2) is 22.2 Å². The minimum atomic E-state index is -1.29. The van der Waals surface area contributed by atoms with Crippen molar-refractivity contribution >= 4 is 34.2 Å². The Morgan fingerprint density at radius 1 is 0.417 bits per heavy atom. The van der Waals surface area contributed by atoms with E-state index in [4.69, 9.17) is 0 Å². The topological polar surface area (TPSA) is 74.6 Å². The van der Waals surface area contributed by atoms with Crippen molar-refractivity contribution in [1.82, 2.24) is 0 Å². The third-order valence-electron chi connectivity index (χ3n) is 6.57. The van der Waals surface area contributed by atoms with Gasteiger partial charge in [-0.15, -0.1) is 0 Å². The number of benzene rings is 4. The third kappa shape index (κ3) is 4.14. The Bertz CT molecular complexity index is 1340. The van der Waals surface area contributed by atoms with Gasteiger partial charge in [0.25, 0.3) is 0 Å². The molecule has 0 heterocycles. The van der Waals surface area contributed by atoms with Crippen molar-refractivity contribution in [2.75, 3.05) is 0 Å². The van der Waals surface area contributed by atoms with Crippen LogP contribution in [0.1, 0.15) is 22.3 Å². The summed E-state index contributed by atoms with van der Waals surface area (Å²) in [4.78, 5) is 25.9. The second-order valence-electron chi connectivity index (χ2n) is 8.67. The molecular formula is C32H24O4. The molecule has 1 aliphatic carbocycles. The Morgan fingerprint density at radius 2 is 0.667 bits per heavy atom. The molecule has 4 heteroatoms. The van der Waals surface area contributed by atoms with Crippen molar-refractivity contribution < 1.29 is 19.8 Å². The maximum Gasteiger partial charge on any atom is 0.312 e. The van der Waals surface area contributed by atoms with E-state index in [0.29, 0.717) is 22.3 Å². The molecule has 2 N–H and O–H groups in total. The second kappa shape index (κ2) is 9.88. The van der Waals surface area contributed by atoms with Crippen LogP contribution in [0.3, 0.4) is 0 Å². The lowest BCUT2D eigenvalue weighted by molar-refractivity contribution is -0.149. The molecule has 4 nitrogen and oxygen atoms in total.